The highest BCUT2D eigenvalue weighted by Gasteiger charge is 2.23. The Morgan fingerprint density at radius 2 is 1.15 bits per heavy atom. The van der Waals surface area contributed by atoms with Gasteiger partial charge in [0.2, 0.25) is 0 Å². The molecule has 4 nitrogen and oxygen atoms in total. The summed E-state index contributed by atoms with van der Waals surface area (Å²) in [4.78, 5) is 21.8. The monoisotopic (exact) mass is 370 g/mol. The molecule has 0 aromatic heterocycles. The Morgan fingerprint density at radius 3 is 1.54 bits per heavy atom. The van der Waals surface area contributed by atoms with Gasteiger partial charge in [-0.1, -0.05) is 104 Å². The average Bonchev–Trinajstić information content (AvgIpc) is 2.58. The zero-order chi connectivity index (χ0) is 19.6. The number of carboxylic acids is 2. The number of hydrogen-bond donors (Lipinski definition) is 2. The van der Waals surface area contributed by atoms with Crippen molar-refractivity contribution in [3.63, 3.8) is 0 Å². The van der Waals surface area contributed by atoms with E-state index in [1.54, 1.807) is 0 Å². The van der Waals surface area contributed by atoms with Crippen LogP contribution >= 0.6 is 0 Å². The van der Waals surface area contributed by atoms with Crippen LogP contribution in [-0.2, 0) is 9.59 Å². The molecule has 0 aromatic rings. The number of unbranched alkanes of at least 4 members (excludes halogenated alkanes) is 12. The first-order chi connectivity index (χ1) is 12.5. The summed E-state index contributed by atoms with van der Waals surface area (Å²) in [6, 6.07) is 0. The van der Waals surface area contributed by atoms with E-state index in [9.17, 15) is 9.59 Å². The van der Waals surface area contributed by atoms with Crippen molar-refractivity contribution in [1.29, 1.82) is 0 Å². The minimum Gasteiger partial charge on any atom is -0.481 e. The highest BCUT2D eigenvalue weighted by atomic mass is 16.4. The predicted molar refractivity (Wildman–Crippen MR) is 107 cm³/mol. The van der Waals surface area contributed by atoms with Gasteiger partial charge < -0.3 is 10.2 Å². The molecule has 0 aliphatic carbocycles. The molecule has 0 saturated carbocycles. The van der Waals surface area contributed by atoms with E-state index in [1.165, 1.54) is 77.0 Å². The first-order valence-electron chi connectivity index (χ1n) is 10.9. The zero-order valence-electron chi connectivity index (χ0n) is 17.2. The second-order valence-electron chi connectivity index (χ2n) is 8.01. The SMILES string of the molecule is CCCCCCCCCCCCCCCC(C)CC(CC(=O)O)C(=O)O. The molecule has 0 amide bonds. The van der Waals surface area contributed by atoms with Gasteiger partial charge in [0.25, 0.3) is 0 Å². The molecule has 154 valence electrons. The van der Waals surface area contributed by atoms with Crippen LogP contribution in [0, 0.1) is 11.8 Å². The van der Waals surface area contributed by atoms with Crippen LogP contribution in [0.4, 0.5) is 0 Å². The third-order valence-electron chi connectivity index (χ3n) is 5.26. The minimum atomic E-state index is -1.02. The van der Waals surface area contributed by atoms with Gasteiger partial charge in [-0.15, -0.1) is 0 Å². The zero-order valence-corrected chi connectivity index (χ0v) is 17.2. The standard InChI is InChI=1S/C22H42O4/c1-3-4-5-6-7-8-9-10-11-12-13-14-15-16-19(2)17-20(22(25)26)18-21(23)24/h19-20H,3-18H2,1-2H3,(H,23,24)(H,25,26). The Morgan fingerprint density at radius 1 is 0.731 bits per heavy atom. The van der Waals surface area contributed by atoms with Crippen LogP contribution in [0.3, 0.4) is 0 Å². The summed E-state index contributed by atoms with van der Waals surface area (Å²) < 4.78 is 0. The summed E-state index contributed by atoms with van der Waals surface area (Å²) in [6.07, 6.45) is 18.5. The molecule has 0 spiro atoms. The van der Waals surface area contributed by atoms with E-state index >= 15 is 0 Å². The summed E-state index contributed by atoms with van der Waals surface area (Å²) in [5, 5.41) is 17.9. The van der Waals surface area contributed by atoms with Gasteiger partial charge in [0, 0.05) is 0 Å². The molecule has 0 heterocycles. The van der Waals surface area contributed by atoms with E-state index in [0.29, 0.717) is 6.42 Å². The minimum absolute atomic E-state index is 0.266. The lowest BCUT2D eigenvalue weighted by molar-refractivity contribution is -0.148. The summed E-state index contributed by atoms with van der Waals surface area (Å²) >= 11 is 0. The third-order valence-corrected chi connectivity index (χ3v) is 5.26. The fraction of sp³-hybridized carbons (Fsp3) is 0.909. The maximum Gasteiger partial charge on any atom is 0.307 e. The highest BCUT2D eigenvalue weighted by Crippen LogP contribution is 2.22. The summed E-state index contributed by atoms with van der Waals surface area (Å²) in [6.45, 7) is 4.30. The average molecular weight is 371 g/mol. The molecule has 0 bridgehead atoms. The van der Waals surface area contributed by atoms with Crippen LogP contribution in [0.2, 0.25) is 0 Å². The molecule has 0 aromatic carbocycles. The summed E-state index contributed by atoms with van der Waals surface area (Å²) in [5.41, 5.74) is 0. The van der Waals surface area contributed by atoms with Gasteiger partial charge in [0.1, 0.15) is 0 Å². The van der Waals surface area contributed by atoms with Gasteiger partial charge in [-0.2, -0.15) is 0 Å². The lowest BCUT2D eigenvalue weighted by Gasteiger charge is -2.16. The smallest absolute Gasteiger partial charge is 0.307 e. The number of hydrogen-bond acceptors (Lipinski definition) is 2. The van der Waals surface area contributed by atoms with Gasteiger partial charge >= 0.3 is 11.9 Å². The molecule has 4 heteroatoms. The van der Waals surface area contributed by atoms with Crippen molar-refractivity contribution in [2.24, 2.45) is 11.8 Å². The first kappa shape index (κ1) is 24.9. The van der Waals surface area contributed by atoms with Crippen molar-refractivity contribution in [2.75, 3.05) is 0 Å². The molecule has 26 heavy (non-hydrogen) atoms. The summed E-state index contributed by atoms with van der Waals surface area (Å²) in [7, 11) is 0. The Labute approximate surface area is 160 Å². The molecule has 2 unspecified atom stereocenters. The van der Waals surface area contributed by atoms with Crippen molar-refractivity contribution in [1.82, 2.24) is 0 Å². The van der Waals surface area contributed by atoms with Gasteiger partial charge in [0.05, 0.1) is 12.3 Å². The van der Waals surface area contributed by atoms with Crippen LogP contribution in [-0.4, -0.2) is 22.2 Å². The maximum absolute atomic E-state index is 11.1. The van der Waals surface area contributed by atoms with Gasteiger partial charge in [-0.05, 0) is 12.3 Å². The van der Waals surface area contributed by atoms with Crippen LogP contribution in [0.5, 0.6) is 0 Å². The number of carboxylic acid groups (broad SMARTS) is 2. The molecule has 0 aliphatic rings. The largest absolute Gasteiger partial charge is 0.481 e. The third kappa shape index (κ3) is 16.4. The molecular formula is C22H42O4. The van der Waals surface area contributed by atoms with Crippen LogP contribution in [0.25, 0.3) is 0 Å². The van der Waals surface area contributed by atoms with Crippen molar-refractivity contribution >= 4 is 11.9 Å². The Hall–Kier alpha value is -1.06. The van der Waals surface area contributed by atoms with E-state index in [1.807, 2.05) is 6.92 Å². The molecule has 0 saturated heterocycles. The lowest BCUT2D eigenvalue weighted by Crippen LogP contribution is -2.20. The van der Waals surface area contributed by atoms with Crippen molar-refractivity contribution in [3.05, 3.63) is 0 Å². The quantitative estimate of drug-likeness (QED) is 0.249. The highest BCUT2D eigenvalue weighted by molar-refractivity contribution is 5.77. The van der Waals surface area contributed by atoms with E-state index in [-0.39, 0.29) is 12.3 Å². The fourth-order valence-electron chi connectivity index (χ4n) is 3.60. The normalized spacial score (nSPS) is 13.5. The molecule has 0 fully saturated rings. The lowest BCUT2D eigenvalue weighted by atomic mass is 9.89. The summed E-state index contributed by atoms with van der Waals surface area (Å²) in [5.74, 6) is -2.47. The van der Waals surface area contributed by atoms with Crippen molar-refractivity contribution in [3.8, 4) is 0 Å². The topological polar surface area (TPSA) is 74.6 Å². The maximum atomic E-state index is 11.1. The van der Waals surface area contributed by atoms with Crippen molar-refractivity contribution in [2.45, 2.75) is 117 Å². The first-order valence-corrected chi connectivity index (χ1v) is 10.9. The van der Waals surface area contributed by atoms with Crippen LogP contribution < -0.4 is 0 Å². The molecule has 0 radical (unpaired) electrons. The van der Waals surface area contributed by atoms with Gasteiger partial charge in [0.15, 0.2) is 0 Å². The van der Waals surface area contributed by atoms with E-state index < -0.39 is 17.9 Å². The van der Waals surface area contributed by atoms with Crippen molar-refractivity contribution < 1.29 is 19.8 Å². The van der Waals surface area contributed by atoms with E-state index in [2.05, 4.69) is 6.92 Å². The second-order valence-corrected chi connectivity index (χ2v) is 8.01. The second kappa shape index (κ2) is 17.4. The number of rotatable bonds is 19. The Balaban J connectivity index is 3.46. The van der Waals surface area contributed by atoms with Crippen LogP contribution in [0.15, 0.2) is 0 Å². The Bertz CT molecular complexity index is 354. The van der Waals surface area contributed by atoms with E-state index in [4.69, 9.17) is 10.2 Å². The fourth-order valence-corrected chi connectivity index (χ4v) is 3.60. The van der Waals surface area contributed by atoms with E-state index in [0.717, 1.165) is 12.8 Å². The van der Waals surface area contributed by atoms with Gasteiger partial charge in [-0.25, -0.2) is 0 Å². The van der Waals surface area contributed by atoms with Crippen LogP contribution in [0.1, 0.15) is 117 Å². The Kier molecular flexibility index (Phi) is 16.7. The molecule has 2 N–H and O–H groups in total. The molecule has 0 rings (SSSR count). The number of aliphatic carboxylic acids is 2. The molecule has 0 aliphatic heterocycles. The van der Waals surface area contributed by atoms with Gasteiger partial charge in [-0.3, -0.25) is 9.59 Å². The molecular weight excluding hydrogens is 328 g/mol. The predicted octanol–water partition coefficient (Wildman–Crippen LogP) is 6.67. The molecule has 2 atom stereocenters. The number of carbonyl (C=O) groups is 2.